The van der Waals surface area contributed by atoms with Crippen molar-refractivity contribution in [1.29, 1.82) is 0 Å². The molecule has 7 heteroatoms. The molecule has 2 atom stereocenters. The Hall–Kier alpha value is -2.02. The molecule has 0 unspecified atom stereocenters. The Balaban J connectivity index is 1.60. The van der Waals surface area contributed by atoms with Gasteiger partial charge in [0, 0.05) is 18.8 Å². The number of benzene rings is 1. The van der Waals surface area contributed by atoms with Gasteiger partial charge in [0.1, 0.15) is 10.6 Å². The minimum absolute atomic E-state index is 0.182. The number of carbonyl (C=O) groups excluding carboxylic acids is 1. The number of hydrogen-bond donors (Lipinski definition) is 0. The van der Waals surface area contributed by atoms with Gasteiger partial charge in [0.25, 0.3) is 0 Å². The van der Waals surface area contributed by atoms with E-state index in [0.717, 1.165) is 17.5 Å². The average molecular weight is 361 g/mol. The lowest BCUT2D eigenvalue weighted by molar-refractivity contribution is 0.0289. The first-order valence-electron chi connectivity index (χ1n) is 8.40. The van der Waals surface area contributed by atoms with Crippen molar-refractivity contribution < 1.29 is 13.7 Å². The highest BCUT2D eigenvalue weighted by Crippen LogP contribution is 2.22. The van der Waals surface area contributed by atoms with Gasteiger partial charge in [-0.15, -0.1) is 0 Å². The Kier molecular flexibility index (Phi) is 5.03. The molecule has 0 aliphatic carbocycles. The summed E-state index contributed by atoms with van der Waals surface area (Å²) in [6, 6.07) is 7.53. The van der Waals surface area contributed by atoms with E-state index in [9.17, 15) is 9.00 Å². The molecule has 25 heavy (non-hydrogen) atoms. The van der Waals surface area contributed by atoms with Crippen LogP contribution >= 0.6 is 0 Å². The third-order valence-corrected chi connectivity index (χ3v) is 5.42. The molecule has 1 aliphatic heterocycles. The van der Waals surface area contributed by atoms with E-state index in [-0.39, 0.29) is 12.0 Å². The topological polar surface area (TPSA) is 72.4 Å². The minimum atomic E-state index is -1.23. The van der Waals surface area contributed by atoms with Crippen molar-refractivity contribution in [1.82, 2.24) is 14.9 Å². The summed E-state index contributed by atoms with van der Waals surface area (Å²) in [6.07, 6.45) is 2.11. The van der Waals surface area contributed by atoms with Gasteiger partial charge in [0.2, 0.25) is 0 Å². The van der Waals surface area contributed by atoms with Crippen LogP contribution in [0.15, 0.2) is 35.5 Å². The van der Waals surface area contributed by atoms with Crippen molar-refractivity contribution in [2.45, 2.75) is 37.8 Å². The van der Waals surface area contributed by atoms with Gasteiger partial charge in [0.05, 0.1) is 28.0 Å². The predicted octanol–water partition coefficient (Wildman–Crippen LogP) is 2.99. The Morgan fingerprint density at radius 3 is 2.76 bits per heavy atom. The highest BCUT2D eigenvalue weighted by molar-refractivity contribution is 7.84. The number of nitrogens with zero attached hydrogens (tertiary/aromatic N) is 3. The first kappa shape index (κ1) is 17.8. The van der Waals surface area contributed by atoms with Crippen LogP contribution in [0.1, 0.15) is 27.2 Å². The third kappa shape index (κ3) is 4.54. The van der Waals surface area contributed by atoms with Crippen LogP contribution in [-0.4, -0.2) is 49.6 Å². The second-order valence-electron chi connectivity index (χ2n) is 7.29. The van der Waals surface area contributed by atoms with Crippen molar-refractivity contribution in [3.05, 3.63) is 30.5 Å². The van der Waals surface area contributed by atoms with Gasteiger partial charge in [-0.05, 0) is 45.2 Å². The van der Waals surface area contributed by atoms with E-state index in [1.54, 1.807) is 11.1 Å². The smallest absolute Gasteiger partial charge is 0.410 e. The van der Waals surface area contributed by atoms with E-state index in [0.29, 0.717) is 23.9 Å². The molecule has 134 valence electrons. The Morgan fingerprint density at radius 1 is 1.32 bits per heavy atom. The number of aromatic nitrogens is 2. The van der Waals surface area contributed by atoms with E-state index >= 15 is 0 Å². The molecule has 1 saturated heterocycles. The molecule has 1 amide bonds. The number of hydrogen-bond acceptors (Lipinski definition) is 5. The number of carbonyl (C=O) groups is 1. The Labute approximate surface area is 150 Å². The summed E-state index contributed by atoms with van der Waals surface area (Å²) in [5.41, 5.74) is 1.04. The Morgan fingerprint density at radius 2 is 2.04 bits per heavy atom. The van der Waals surface area contributed by atoms with Gasteiger partial charge in [-0.2, -0.15) is 0 Å². The fraction of sp³-hybridized carbons (Fsp3) is 0.500. The van der Waals surface area contributed by atoms with Crippen LogP contribution in [0.2, 0.25) is 0 Å². The first-order chi connectivity index (χ1) is 11.8. The number of fused-ring (bicyclic) bond motifs is 1. The summed E-state index contributed by atoms with van der Waals surface area (Å²) < 4.78 is 18.0. The maximum absolute atomic E-state index is 12.6. The highest BCUT2D eigenvalue weighted by atomic mass is 32.2. The summed E-state index contributed by atoms with van der Waals surface area (Å²) in [6.45, 7) is 6.77. The molecule has 2 aromatic rings. The molecule has 0 spiro atoms. The quantitative estimate of drug-likeness (QED) is 0.840. The highest BCUT2D eigenvalue weighted by Gasteiger charge is 2.31. The standard InChI is InChI=1S/C18H23N3O3S/c1-18(2,3)24-17(22)21-9-8-13(11-21)12-25(23)16-10-19-14-6-4-5-7-15(14)20-16/h4-7,10,13H,8-9,11-12H2,1-3H3/t13-,25+/m1/s1. The number of likely N-dealkylation sites (tertiary alicyclic amines) is 1. The largest absolute Gasteiger partial charge is 0.444 e. The van der Waals surface area contributed by atoms with Gasteiger partial charge in [-0.1, -0.05) is 12.1 Å². The van der Waals surface area contributed by atoms with Gasteiger partial charge < -0.3 is 9.64 Å². The average Bonchev–Trinajstić information content (AvgIpc) is 3.01. The van der Waals surface area contributed by atoms with E-state index in [2.05, 4.69) is 9.97 Å². The van der Waals surface area contributed by atoms with Crippen molar-refractivity contribution in [3.63, 3.8) is 0 Å². The van der Waals surface area contributed by atoms with Crippen molar-refractivity contribution in [2.75, 3.05) is 18.8 Å². The summed E-state index contributed by atoms with van der Waals surface area (Å²) in [7, 11) is -1.23. The van der Waals surface area contributed by atoms with E-state index in [4.69, 9.17) is 4.74 Å². The molecule has 0 bridgehead atoms. The van der Waals surface area contributed by atoms with Crippen LogP contribution in [0.25, 0.3) is 11.0 Å². The molecule has 0 radical (unpaired) electrons. The fourth-order valence-electron chi connectivity index (χ4n) is 2.81. The second-order valence-corrected chi connectivity index (χ2v) is 8.73. The van der Waals surface area contributed by atoms with Gasteiger partial charge in [-0.25, -0.2) is 9.78 Å². The monoisotopic (exact) mass is 361 g/mol. The summed E-state index contributed by atoms with van der Waals surface area (Å²) in [4.78, 5) is 22.6. The number of ether oxygens (including phenoxy) is 1. The lowest BCUT2D eigenvalue weighted by Crippen LogP contribution is -2.35. The SMILES string of the molecule is CC(C)(C)OC(=O)N1CC[C@@H](C[S@](=O)c2cnc3ccccc3n2)C1. The summed E-state index contributed by atoms with van der Waals surface area (Å²) in [5.74, 6) is 0.661. The molecule has 6 nitrogen and oxygen atoms in total. The van der Waals surface area contributed by atoms with Crippen LogP contribution in [0.5, 0.6) is 0 Å². The van der Waals surface area contributed by atoms with Gasteiger partial charge in [-0.3, -0.25) is 9.19 Å². The van der Waals surface area contributed by atoms with Crippen molar-refractivity contribution in [2.24, 2.45) is 5.92 Å². The van der Waals surface area contributed by atoms with Crippen LogP contribution in [0.3, 0.4) is 0 Å². The predicted molar refractivity (Wildman–Crippen MR) is 96.7 cm³/mol. The van der Waals surface area contributed by atoms with Crippen molar-refractivity contribution in [3.8, 4) is 0 Å². The van der Waals surface area contributed by atoms with E-state index in [1.165, 1.54) is 0 Å². The molecule has 2 heterocycles. The normalized spacial score (nSPS) is 19.2. The molecular weight excluding hydrogens is 338 g/mol. The van der Waals surface area contributed by atoms with Gasteiger partial charge >= 0.3 is 6.09 Å². The number of amides is 1. The maximum Gasteiger partial charge on any atom is 0.410 e. The van der Waals surface area contributed by atoms with Crippen molar-refractivity contribution >= 4 is 27.9 Å². The zero-order valence-electron chi connectivity index (χ0n) is 14.8. The molecule has 1 aromatic carbocycles. The first-order valence-corrected chi connectivity index (χ1v) is 9.72. The van der Waals surface area contributed by atoms with Gasteiger partial charge in [0.15, 0.2) is 0 Å². The summed E-state index contributed by atoms with van der Waals surface area (Å²) in [5, 5.41) is 0.495. The Bertz CT molecular complexity index is 803. The lowest BCUT2D eigenvalue weighted by Gasteiger charge is -2.24. The molecule has 1 aliphatic rings. The third-order valence-electron chi connectivity index (χ3n) is 3.98. The zero-order chi connectivity index (χ0) is 18.0. The minimum Gasteiger partial charge on any atom is -0.444 e. The van der Waals surface area contributed by atoms with Crippen LogP contribution in [0.4, 0.5) is 4.79 Å². The van der Waals surface area contributed by atoms with Crippen LogP contribution < -0.4 is 0 Å². The van der Waals surface area contributed by atoms with E-state index < -0.39 is 16.4 Å². The zero-order valence-corrected chi connectivity index (χ0v) is 15.6. The van der Waals surface area contributed by atoms with E-state index in [1.807, 2.05) is 45.0 Å². The molecular formula is C18H23N3O3S. The number of rotatable bonds is 3. The molecule has 0 N–H and O–H groups in total. The van der Waals surface area contributed by atoms with Crippen LogP contribution in [0, 0.1) is 5.92 Å². The van der Waals surface area contributed by atoms with Crippen LogP contribution in [-0.2, 0) is 15.5 Å². The number of para-hydroxylation sites is 2. The molecule has 0 saturated carbocycles. The maximum atomic E-state index is 12.6. The second kappa shape index (κ2) is 7.07. The fourth-order valence-corrected chi connectivity index (χ4v) is 4.05. The molecule has 1 aromatic heterocycles. The summed E-state index contributed by atoms with van der Waals surface area (Å²) >= 11 is 0. The molecule has 1 fully saturated rings. The lowest BCUT2D eigenvalue weighted by atomic mass is 10.2. The molecule has 3 rings (SSSR count).